The number of likely N-dealkylation sites (tertiary alicyclic amines) is 1. The number of nitrogens with one attached hydrogen (secondary N) is 16. The van der Waals surface area contributed by atoms with Gasteiger partial charge in [0, 0.05) is 62.4 Å². The van der Waals surface area contributed by atoms with E-state index in [0.29, 0.717) is 79.1 Å². The molecule has 688 valence electrons. The molecule has 127 heavy (non-hydrogen) atoms. The van der Waals surface area contributed by atoms with Crippen LogP contribution in [0.3, 0.4) is 0 Å². The Hall–Kier alpha value is -12.5. The number of hydrogen-bond donors (Lipinski definition) is 20. The summed E-state index contributed by atoms with van der Waals surface area (Å²) >= 11 is 1.82. The molecule has 13 atom stereocenters. The van der Waals surface area contributed by atoms with Crippen molar-refractivity contribution >= 4 is 106 Å². The summed E-state index contributed by atoms with van der Waals surface area (Å²) in [5, 5.41) is 50.7. The zero-order chi connectivity index (χ0) is 91.9. The number of benzene rings is 4. The van der Waals surface area contributed by atoms with Crippen molar-refractivity contribution in [2.24, 2.45) is 29.0 Å². The van der Waals surface area contributed by atoms with Gasteiger partial charge in [-0.1, -0.05) is 137 Å². The Morgan fingerprint density at radius 1 is 0.512 bits per heavy atom. The molecule has 23 N–H and O–H groups in total. The number of carbonyl (C=O) groups is 16. The van der Waals surface area contributed by atoms with Crippen LogP contribution in [-0.4, -0.2) is 244 Å². The third kappa shape index (κ3) is 34.1. The third-order valence-electron chi connectivity index (χ3n) is 21.8. The molecule has 38 nitrogen and oxygen atoms in total. The van der Waals surface area contributed by atoms with Gasteiger partial charge in [-0.2, -0.15) is 11.8 Å². The topological polar surface area (TPSA) is 584 Å². The first-order chi connectivity index (χ1) is 60.9. The highest BCUT2D eigenvalue weighted by atomic mass is 32.2. The summed E-state index contributed by atoms with van der Waals surface area (Å²) in [7, 11) is 0. The first kappa shape index (κ1) is 99.9. The molecule has 3 aliphatic rings. The Morgan fingerprint density at radius 2 is 1.03 bits per heavy atom. The number of aromatic nitrogens is 2. The van der Waals surface area contributed by atoms with Gasteiger partial charge in [0.05, 0.1) is 56.3 Å². The van der Waals surface area contributed by atoms with Crippen LogP contribution in [-0.2, 0) is 104 Å². The Kier molecular flexibility index (Phi) is 40.7. The molecule has 0 unspecified atom stereocenters. The van der Waals surface area contributed by atoms with Gasteiger partial charge < -0.3 is 112 Å². The van der Waals surface area contributed by atoms with Crippen LogP contribution in [0, 0.1) is 11.8 Å². The Labute approximate surface area is 742 Å². The largest absolute Gasteiger partial charge is 0.508 e. The number of carbonyl (C=O) groups excluding carboxylic acids is 16. The number of imidazole rings is 1. The van der Waals surface area contributed by atoms with Crippen LogP contribution >= 0.6 is 11.8 Å². The molecule has 5 aromatic rings. The molecule has 0 radical (unpaired) electrons. The van der Waals surface area contributed by atoms with Crippen molar-refractivity contribution in [2.75, 3.05) is 51.6 Å². The van der Waals surface area contributed by atoms with Crippen molar-refractivity contribution in [1.29, 1.82) is 0 Å². The summed E-state index contributed by atoms with van der Waals surface area (Å²) in [5.74, 6) is -11.1. The predicted molar refractivity (Wildman–Crippen MR) is 472 cm³/mol. The quantitative estimate of drug-likeness (QED) is 0.0158. The van der Waals surface area contributed by atoms with E-state index in [1.165, 1.54) is 35.5 Å². The molecule has 39 heteroatoms. The smallest absolute Gasteiger partial charge is 0.315 e. The molecule has 4 heterocycles. The maximum Gasteiger partial charge on any atom is 0.315 e. The maximum absolute atomic E-state index is 15.0. The van der Waals surface area contributed by atoms with Gasteiger partial charge in [-0.3, -0.25) is 71.9 Å². The molecule has 3 aliphatic heterocycles. The first-order valence-corrected chi connectivity index (χ1v) is 44.3. The van der Waals surface area contributed by atoms with Crippen LogP contribution < -0.4 is 97.0 Å². The van der Waals surface area contributed by atoms with Crippen molar-refractivity contribution in [3.63, 3.8) is 0 Å². The summed E-state index contributed by atoms with van der Waals surface area (Å²) in [6, 6.07) is 20.0. The van der Waals surface area contributed by atoms with Crippen molar-refractivity contribution in [3.05, 3.63) is 156 Å². The van der Waals surface area contributed by atoms with E-state index >= 15 is 0 Å². The minimum Gasteiger partial charge on any atom is -0.508 e. The van der Waals surface area contributed by atoms with Gasteiger partial charge in [0.25, 0.3) is 0 Å². The summed E-state index contributed by atoms with van der Waals surface area (Å²) in [4.78, 5) is 228. The van der Waals surface area contributed by atoms with Crippen LogP contribution in [0.1, 0.15) is 139 Å². The van der Waals surface area contributed by atoms with E-state index in [9.17, 15) is 81.8 Å². The first-order valence-electron chi connectivity index (χ1n) is 43.3. The zero-order valence-electron chi connectivity index (χ0n) is 72.2. The van der Waals surface area contributed by atoms with Crippen LogP contribution in [0.2, 0.25) is 0 Å². The van der Waals surface area contributed by atoms with Gasteiger partial charge in [-0.25, -0.2) is 9.78 Å². The molecule has 0 saturated carbocycles. The number of aromatic amines is 1. The van der Waals surface area contributed by atoms with E-state index in [1.807, 2.05) is 42.1 Å². The second-order valence-corrected chi connectivity index (χ2v) is 34.1. The number of aromatic hydroxyl groups is 1. The second-order valence-electron chi connectivity index (χ2n) is 32.8. The standard InChI is InChI=1S/C88H123N21O17S/c1-52(2)39-63(100-75(115)49-97-81(119)64(43-57-32-34-59(110)35-33-57)104-85(123)69-29-20-38-109(69)87(125)67(44-58-45-92-51-98-58)105-83(121)65(41-55-23-10-6-11-24-55)102-79(117)60(90)40-54-21-8-5-9-22-54)82(120)103-66(42-56-25-12-7-13-26-56)84(122)107-76(53(3)4)86(124)101-62(28-16-18-36-89)80(118)96-47-73(113)94-46-72(112)95-48-74(114)99-61(78(91)116)27-17-19-37-93-71(111)31-15-14-30-70-77-68(50-127-70)106-88(126)108-77/h5-13,21-26,32-35,45,51-53,60-70,76-77,110H,14-20,27-31,36-44,46-50,89-90H2,1-4H3,(H2,91,116)(H,92,98)(H,93,111)(H,94,113)(H,95,112)(H,96,118)(H,97,119)(H,99,114)(H,100,115)(H,101,124)(H,102,117)(H,103,120)(H,104,123)(H,105,121)(H,107,122)(H2,106,108,126)/t60-,61-,62-,63-,64-,65-,66-,67-,68-,69-,70-,76-,77-/m0/s1. The lowest BCUT2D eigenvalue weighted by molar-refractivity contribution is -0.142. The summed E-state index contributed by atoms with van der Waals surface area (Å²) in [6.45, 7) is 4.90. The summed E-state index contributed by atoms with van der Waals surface area (Å²) < 4.78 is 0. The molecule has 4 aromatic carbocycles. The average Bonchev–Trinajstić information content (AvgIpc) is 1.67. The fourth-order valence-corrected chi connectivity index (χ4v) is 16.5. The van der Waals surface area contributed by atoms with Crippen LogP contribution in [0.15, 0.2) is 128 Å². The van der Waals surface area contributed by atoms with Crippen molar-refractivity contribution < 1.29 is 81.8 Å². The lowest BCUT2D eigenvalue weighted by Gasteiger charge is -2.30. The lowest BCUT2D eigenvalue weighted by atomic mass is 9.99. The molecule has 0 bridgehead atoms. The minimum absolute atomic E-state index is 0.0200. The van der Waals surface area contributed by atoms with Crippen LogP contribution in [0.25, 0.3) is 0 Å². The third-order valence-corrected chi connectivity index (χ3v) is 23.3. The van der Waals surface area contributed by atoms with Crippen LogP contribution in [0.5, 0.6) is 5.75 Å². The number of H-pyrrole nitrogens is 1. The zero-order valence-corrected chi connectivity index (χ0v) is 73.0. The van der Waals surface area contributed by atoms with Gasteiger partial charge >= 0.3 is 6.03 Å². The molecule has 17 amide bonds. The Morgan fingerprint density at radius 3 is 1.62 bits per heavy atom. The second kappa shape index (κ2) is 51.8. The maximum atomic E-state index is 15.0. The van der Waals surface area contributed by atoms with Crippen molar-refractivity contribution in [3.8, 4) is 5.75 Å². The number of rotatable bonds is 53. The SMILES string of the molecule is CC(C)C[C@H](NC(=O)CNC(=O)[C@H](Cc1ccc(O)cc1)NC(=O)[C@@H]1CCCN1C(=O)[C@H](Cc1c[nH]cn1)NC(=O)[C@H](Cc1ccccc1)NC(=O)[C@@H](N)Cc1ccccc1)C(=O)N[C@@H](Cc1ccccc1)C(=O)N[C@H](C(=O)N[C@@H](CCCCN)C(=O)NCC(=O)NCC(=O)NCC(=O)N[C@@H](CCCCNC(=O)CCCC[C@@H]1SC[C@@H]2NC(=O)N[C@@H]21)C(N)=O)C(C)C. The monoisotopic (exact) mass is 1780 g/mol. The average molecular weight is 1780 g/mol. The van der Waals surface area contributed by atoms with E-state index in [0.717, 1.165) is 24.2 Å². The van der Waals surface area contributed by atoms with E-state index in [-0.39, 0.29) is 107 Å². The van der Waals surface area contributed by atoms with Crippen LogP contribution in [0.4, 0.5) is 4.79 Å². The van der Waals surface area contributed by atoms with E-state index in [2.05, 4.69) is 89.7 Å². The molecular weight excluding hydrogens is 1660 g/mol. The molecular formula is C88H123N21O17S. The van der Waals surface area contributed by atoms with Gasteiger partial charge in [0.15, 0.2) is 0 Å². The number of unbranched alkanes of at least 4 members (excludes halogenated alkanes) is 3. The molecule has 8 rings (SSSR count). The number of thioether (sulfide) groups is 1. The molecule has 0 spiro atoms. The minimum atomic E-state index is -1.42. The number of primary amides is 1. The van der Waals surface area contributed by atoms with E-state index in [1.54, 1.807) is 94.6 Å². The van der Waals surface area contributed by atoms with Gasteiger partial charge in [-0.15, -0.1) is 0 Å². The summed E-state index contributed by atoms with van der Waals surface area (Å²) in [5.41, 5.74) is 20.7. The lowest BCUT2D eigenvalue weighted by Crippen LogP contribution is -2.60. The molecule has 3 saturated heterocycles. The Balaban J connectivity index is 0.829. The summed E-state index contributed by atoms with van der Waals surface area (Å²) in [6.07, 6.45) is 7.86. The number of nitrogens with zero attached hydrogens (tertiary/aromatic N) is 2. The predicted octanol–water partition coefficient (Wildman–Crippen LogP) is -1.38. The number of amides is 17. The molecule has 0 aliphatic carbocycles. The highest BCUT2D eigenvalue weighted by molar-refractivity contribution is 8.00. The highest BCUT2D eigenvalue weighted by Gasteiger charge is 2.44. The van der Waals surface area contributed by atoms with E-state index in [4.69, 9.17) is 17.2 Å². The fraction of sp³-hybridized carbons (Fsp3) is 0.511. The number of urea groups is 1. The van der Waals surface area contributed by atoms with E-state index < -0.39 is 175 Å². The number of phenols is 1. The number of nitrogens with two attached hydrogens (primary N) is 3. The molecule has 3 fully saturated rings. The number of fused-ring (bicyclic) bond motifs is 1. The number of phenolic OH excluding ortho intramolecular Hbond substituents is 1. The fourth-order valence-electron chi connectivity index (χ4n) is 15.0. The van der Waals surface area contributed by atoms with Gasteiger partial charge in [0.2, 0.25) is 88.6 Å². The number of hydrogen-bond acceptors (Lipinski definition) is 21. The molecule has 1 aromatic heterocycles. The normalized spacial score (nSPS) is 17.2. The van der Waals surface area contributed by atoms with Gasteiger partial charge in [0.1, 0.15) is 60.1 Å². The van der Waals surface area contributed by atoms with Crippen molar-refractivity contribution in [2.45, 2.75) is 221 Å². The Bertz CT molecular complexity index is 4500. The highest BCUT2D eigenvalue weighted by Crippen LogP contribution is 2.33. The van der Waals surface area contributed by atoms with Gasteiger partial charge in [-0.05, 0) is 130 Å². The van der Waals surface area contributed by atoms with Crippen molar-refractivity contribution in [1.82, 2.24) is 94.6 Å².